The van der Waals surface area contributed by atoms with Gasteiger partial charge in [-0.1, -0.05) is 19.4 Å². The Morgan fingerprint density at radius 1 is 1.17 bits per heavy atom. The fourth-order valence-electron chi connectivity index (χ4n) is 2.58. The van der Waals surface area contributed by atoms with Crippen LogP contribution >= 0.6 is 11.3 Å². The first kappa shape index (κ1) is 21.9. The van der Waals surface area contributed by atoms with Gasteiger partial charge in [-0.2, -0.15) is 0 Å². The van der Waals surface area contributed by atoms with E-state index in [-0.39, 0.29) is 10.8 Å². The second-order valence-corrected chi connectivity index (χ2v) is 9.01. The molecule has 3 rings (SSSR count). The van der Waals surface area contributed by atoms with Crippen LogP contribution in [0.5, 0.6) is 5.75 Å². The number of carbonyl (C=O) groups is 1. The molecular formula is C21H23N3O4S2. The zero-order chi connectivity index (χ0) is 21.4. The summed E-state index contributed by atoms with van der Waals surface area (Å²) in [5.74, 6) is 0.292. The van der Waals surface area contributed by atoms with Crippen LogP contribution in [0.15, 0.2) is 64.3 Å². The van der Waals surface area contributed by atoms with Gasteiger partial charge in [-0.25, -0.2) is 18.1 Å². The van der Waals surface area contributed by atoms with Gasteiger partial charge in [-0.3, -0.25) is 4.79 Å². The highest BCUT2D eigenvalue weighted by Crippen LogP contribution is 2.18. The summed E-state index contributed by atoms with van der Waals surface area (Å²) in [6.45, 7) is 2.74. The van der Waals surface area contributed by atoms with Gasteiger partial charge in [0.15, 0.2) is 0 Å². The average molecular weight is 446 g/mol. The van der Waals surface area contributed by atoms with Crippen LogP contribution in [0, 0.1) is 0 Å². The number of aromatic nitrogens is 1. The largest absolute Gasteiger partial charge is 0.487 e. The monoisotopic (exact) mass is 445 g/mol. The number of nitrogens with zero attached hydrogens (tertiary/aromatic N) is 1. The van der Waals surface area contributed by atoms with Crippen molar-refractivity contribution < 1.29 is 17.9 Å². The number of ether oxygens (including phenoxy) is 1. The molecule has 1 aromatic heterocycles. The van der Waals surface area contributed by atoms with E-state index in [4.69, 9.17) is 4.74 Å². The number of thiazole rings is 1. The van der Waals surface area contributed by atoms with Crippen LogP contribution in [0.1, 0.15) is 35.8 Å². The van der Waals surface area contributed by atoms with Crippen molar-refractivity contribution in [3.63, 3.8) is 0 Å². The van der Waals surface area contributed by atoms with E-state index in [1.807, 2.05) is 12.3 Å². The summed E-state index contributed by atoms with van der Waals surface area (Å²) in [6, 6.07) is 12.9. The summed E-state index contributed by atoms with van der Waals surface area (Å²) in [7, 11) is -3.61. The molecule has 0 aliphatic heterocycles. The highest BCUT2D eigenvalue weighted by atomic mass is 32.2. The minimum atomic E-state index is -3.61. The zero-order valence-electron chi connectivity index (χ0n) is 16.5. The number of carbonyl (C=O) groups excluding carboxylic acids is 1. The number of sulfonamides is 1. The van der Waals surface area contributed by atoms with Gasteiger partial charge < -0.3 is 10.1 Å². The van der Waals surface area contributed by atoms with Crippen molar-refractivity contribution in [3.8, 4) is 5.75 Å². The van der Waals surface area contributed by atoms with Crippen molar-refractivity contribution in [2.45, 2.75) is 31.3 Å². The first-order chi connectivity index (χ1) is 14.5. The summed E-state index contributed by atoms with van der Waals surface area (Å²) in [5, 5.41) is 4.64. The van der Waals surface area contributed by atoms with Crippen molar-refractivity contribution >= 4 is 33.0 Å². The van der Waals surface area contributed by atoms with Gasteiger partial charge >= 0.3 is 0 Å². The minimum absolute atomic E-state index is 0.113. The van der Waals surface area contributed by atoms with Crippen molar-refractivity contribution in [2.24, 2.45) is 0 Å². The lowest BCUT2D eigenvalue weighted by atomic mass is 10.2. The van der Waals surface area contributed by atoms with Crippen LogP contribution in [0.3, 0.4) is 0 Å². The summed E-state index contributed by atoms with van der Waals surface area (Å²) in [5.41, 5.74) is 3.43. The Bertz CT molecular complexity index is 1070. The van der Waals surface area contributed by atoms with Gasteiger partial charge in [-0.05, 0) is 48.9 Å². The number of rotatable bonds is 10. The SMILES string of the molecule is CCCCNS(=O)(=O)c1cccc(NC(=O)c2ccc(OCc3cscn3)cc2)c1. The lowest BCUT2D eigenvalue weighted by molar-refractivity contribution is 0.102. The topological polar surface area (TPSA) is 97.4 Å². The lowest BCUT2D eigenvalue weighted by Crippen LogP contribution is -2.24. The number of amides is 1. The van der Waals surface area contributed by atoms with Gasteiger partial charge in [-0.15, -0.1) is 11.3 Å². The van der Waals surface area contributed by atoms with E-state index in [0.29, 0.717) is 30.2 Å². The summed E-state index contributed by atoms with van der Waals surface area (Å²) in [4.78, 5) is 16.8. The molecule has 158 valence electrons. The van der Waals surface area contributed by atoms with Crippen LogP contribution < -0.4 is 14.8 Å². The van der Waals surface area contributed by atoms with Crippen molar-refractivity contribution in [1.29, 1.82) is 0 Å². The fourth-order valence-corrected chi connectivity index (χ4v) is 4.24. The van der Waals surface area contributed by atoms with Gasteiger partial charge in [0.05, 0.1) is 16.1 Å². The molecule has 1 amide bonds. The molecule has 0 saturated heterocycles. The van der Waals surface area contributed by atoms with E-state index in [1.54, 1.807) is 41.9 Å². The predicted molar refractivity (Wildman–Crippen MR) is 117 cm³/mol. The third-order valence-corrected chi connectivity index (χ3v) is 6.31. The van der Waals surface area contributed by atoms with Gasteiger partial charge in [0, 0.05) is 23.2 Å². The number of unbranched alkanes of at least 4 members (excludes halogenated alkanes) is 1. The predicted octanol–water partition coefficient (Wildman–Crippen LogP) is 4.05. The second kappa shape index (κ2) is 10.3. The summed E-state index contributed by atoms with van der Waals surface area (Å²) in [6.07, 6.45) is 1.66. The van der Waals surface area contributed by atoms with Crippen molar-refractivity contribution in [1.82, 2.24) is 9.71 Å². The Labute approximate surface area is 180 Å². The third-order valence-electron chi connectivity index (χ3n) is 4.21. The van der Waals surface area contributed by atoms with E-state index in [1.165, 1.54) is 23.5 Å². The Morgan fingerprint density at radius 3 is 2.67 bits per heavy atom. The molecule has 3 aromatic rings. The Kier molecular flexibility index (Phi) is 7.56. The summed E-state index contributed by atoms with van der Waals surface area (Å²) < 4.78 is 32.9. The maximum absolute atomic E-state index is 12.5. The number of hydrogen-bond acceptors (Lipinski definition) is 6. The van der Waals surface area contributed by atoms with E-state index in [9.17, 15) is 13.2 Å². The first-order valence-electron chi connectivity index (χ1n) is 9.49. The average Bonchev–Trinajstić information content (AvgIpc) is 3.27. The van der Waals surface area contributed by atoms with Gasteiger partial charge in [0.1, 0.15) is 12.4 Å². The normalized spacial score (nSPS) is 11.2. The molecule has 9 heteroatoms. The lowest BCUT2D eigenvalue weighted by Gasteiger charge is -2.10. The van der Waals surface area contributed by atoms with E-state index >= 15 is 0 Å². The molecule has 2 N–H and O–H groups in total. The third kappa shape index (κ3) is 6.12. The molecule has 0 spiro atoms. The van der Waals surface area contributed by atoms with Gasteiger partial charge in [0.25, 0.3) is 5.91 Å². The van der Waals surface area contributed by atoms with Crippen molar-refractivity contribution in [2.75, 3.05) is 11.9 Å². The van der Waals surface area contributed by atoms with Crippen molar-refractivity contribution in [3.05, 3.63) is 70.7 Å². The number of nitrogens with one attached hydrogen (secondary N) is 2. The quantitative estimate of drug-likeness (QED) is 0.459. The molecule has 0 unspecified atom stereocenters. The molecule has 0 bridgehead atoms. The number of benzene rings is 2. The molecule has 2 aromatic carbocycles. The number of anilines is 1. The molecule has 30 heavy (non-hydrogen) atoms. The Hall–Kier alpha value is -2.75. The van der Waals surface area contributed by atoms with Crippen LogP contribution in [0.2, 0.25) is 0 Å². The van der Waals surface area contributed by atoms with Crippen LogP contribution in [-0.2, 0) is 16.6 Å². The smallest absolute Gasteiger partial charge is 0.255 e. The molecule has 1 heterocycles. The van der Waals surface area contributed by atoms with E-state index in [2.05, 4.69) is 15.0 Å². The van der Waals surface area contributed by atoms with E-state index < -0.39 is 10.0 Å². The minimum Gasteiger partial charge on any atom is -0.487 e. The zero-order valence-corrected chi connectivity index (χ0v) is 18.1. The molecule has 0 radical (unpaired) electrons. The molecular weight excluding hydrogens is 422 g/mol. The van der Waals surface area contributed by atoms with E-state index in [0.717, 1.165) is 18.5 Å². The first-order valence-corrected chi connectivity index (χ1v) is 11.9. The Balaban J connectivity index is 1.61. The molecule has 0 aliphatic carbocycles. The highest BCUT2D eigenvalue weighted by Gasteiger charge is 2.14. The molecule has 7 nitrogen and oxygen atoms in total. The maximum atomic E-state index is 12.5. The second-order valence-electron chi connectivity index (χ2n) is 6.53. The molecule has 0 aliphatic rings. The number of hydrogen-bond donors (Lipinski definition) is 2. The Morgan fingerprint density at radius 2 is 1.97 bits per heavy atom. The van der Waals surface area contributed by atoms with Crippen LogP contribution in [0.25, 0.3) is 0 Å². The maximum Gasteiger partial charge on any atom is 0.255 e. The molecule has 0 fully saturated rings. The van der Waals surface area contributed by atoms with Gasteiger partial charge in [0.2, 0.25) is 10.0 Å². The highest BCUT2D eigenvalue weighted by molar-refractivity contribution is 7.89. The summed E-state index contributed by atoms with van der Waals surface area (Å²) >= 11 is 1.50. The fraction of sp³-hybridized carbons (Fsp3) is 0.238. The molecule has 0 atom stereocenters. The standard InChI is InChI=1S/C21H23N3O4S2/c1-2-3-11-23-30(26,27)20-6-4-5-17(12-20)24-21(25)16-7-9-19(10-8-16)28-13-18-14-29-15-22-18/h4-10,12,14-15,23H,2-3,11,13H2,1H3,(H,24,25). The molecule has 0 saturated carbocycles. The van der Waals surface area contributed by atoms with Crippen LogP contribution in [0.4, 0.5) is 5.69 Å². The van der Waals surface area contributed by atoms with Crippen LogP contribution in [-0.4, -0.2) is 25.9 Å².